The number of likely N-dealkylation sites (N-methyl/N-ethyl adjacent to an activating group) is 1. The summed E-state index contributed by atoms with van der Waals surface area (Å²) >= 11 is 0. The highest BCUT2D eigenvalue weighted by molar-refractivity contribution is 5.86. The molecule has 3 rings (SSSR count). The number of carbonyl (C=O) groups excluding carboxylic acids is 1. The van der Waals surface area contributed by atoms with E-state index in [9.17, 15) is 18.7 Å². The first-order valence-corrected chi connectivity index (χ1v) is 9.05. The highest BCUT2D eigenvalue weighted by atomic mass is 19.1. The number of rotatable bonds is 6. The molecule has 1 atom stereocenters. The second kappa shape index (κ2) is 8.15. The molecule has 0 aliphatic carbocycles. The van der Waals surface area contributed by atoms with Crippen LogP contribution in [0, 0.1) is 11.6 Å². The van der Waals surface area contributed by atoms with Crippen LogP contribution < -0.4 is 0 Å². The van der Waals surface area contributed by atoms with Gasteiger partial charge in [0.15, 0.2) is 5.60 Å². The molecule has 1 unspecified atom stereocenters. The van der Waals surface area contributed by atoms with Crippen LogP contribution in [0.3, 0.4) is 0 Å². The predicted molar refractivity (Wildman–Crippen MR) is 98.7 cm³/mol. The summed E-state index contributed by atoms with van der Waals surface area (Å²) in [5.74, 6) is -0.911. The zero-order valence-electron chi connectivity index (χ0n) is 15.4. The van der Waals surface area contributed by atoms with Crippen LogP contribution in [0.2, 0.25) is 0 Å². The van der Waals surface area contributed by atoms with E-state index >= 15 is 0 Å². The van der Waals surface area contributed by atoms with Gasteiger partial charge in [0.05, 0.1) is 0 Å². The number of piperidine rings is 1. The quantitative estimate of drug-likeness (QED) is 0.846. The molecule has 0 bridgehead atoms. The maximum Gasteiger partial charge on any atom is 0.256 e. The van der Waals surface area contributed by atoms with Gasteiger partial charge in [-0.25, -0.2) is 8.78 Å². The van der Waals surface area contributed by atoms with Crippen LogP contribution in [0.4, 0.5) is 8.78 Å². The number of likely N-dealkylation sites (tertiary alicyclic amines) is 1. The summed E-state index contributed by atoms with van der Waals surface area (Å²) < 4.78 is 26.1. The van der Waals surface area contributed by atoms with Crippen LogP contribution in [-0.2, 0) is 17.9 Å². The van der Waals surface area contributed by atoms with E-state index in [1.807, 2.05) is 11.9 Å². The van der Waals surface area contributed by atoms with Gasteiger partial charge in [0, 0.05) is 26.2 Å². The van der Waals surface area contributed by atoms with E-state index in [1.54, 1.807) is 29.2 Å². The standard InChI is InChI=1S/C21H24F2N2O2/c1-24(13-16-3-7-18(22)8-4-16)15-21(27)11-2-12-25(20(21)26)14-17-5-9-19(23)10-6-17/h3-10,27H,2,11-15H2,1H3. The van der Waals surface area contributed by atoms with Crippen molar-refractivity contribution in [1.82, 2.24) is 9.80 Å². The fourth-order valence-electron chi connectivity index (χ4n) is 3.58. The summed E-state index contributed by atoms with van der Waals surface area (Å²) in [5.41, 5.74) is 0.287. The molecular formula is C21H24F2N2O2. The molecule has 0 radical (unpaired) electrons. The molecule has 1 heterocycles. The number of nitrogens with zero attached hydrogens (tertiary/aromatic N) is 2. The van der Waals surface area contributed by atoms with Crippen molar-refractivity contribution < 1.29 is 18.7 Å². The molecule has 2 aromatic rings. The van der Waals surface area contributed by atoms with Gasteiger partial charge in [-0.1, -0.05) is 24.3 Å². The van der Waals surface area contributed by atoms with Gasteiger partial charge in [-0.15, -0.1) is 0 Å². The number of hydrogen-bond acceptors (Lipinski definition) is 3. The second-order valence-corrected chi connectivity index (χ2v) is 7.29. The Morgan fingerprint density at radius 2 is 1.59 bits per heavy atom. The van der Waals surface area contributed by atoms with Gasteiger partial charge >= 0.3 is 0 Å². The maximum atomic E-state index is 13.1. The van der Waals surface area contributed by atoms with Crippen LogP contribution in [0.1, 0.15) is 24.0 Å². The Hall–Kier alpha value is -2.31. The number of halogens is 2. The van der Waals surface area contributed by atoms with Gasteiger partial charge in [-0.3, -0.25) is 9.69 Å². The third-order valence-electron chi connectivity index (χ3n) is 4.89. The van der Waals surface area contributed by atoms with Crippen molar-refractivity contribution in [2.45, 2.75) is 31.5 Å². The van der Waals surface area contributed by atoms with E-state index in [0.717, 1.165) is 11.1 Å². The lowest BCUT2D eigenvalue weighted by Crippen LogP contribution is -2.57. The Bertz CT molecular complexity index is 780. The summed E-state index contributed by atoms with van der Waals surface area (Å²) in [7, 11) is 1.83. The fourth-order valence-corrected chi connectivity index (χ4v) is 3.58. The lowest BCUT2D eigenvalue weighted by atomic mass is 9.90. The highest BCUT2D eigenvalue weighted by Gasteiger charge is 2.42. The van der Waals surface area contributed by atoms with E-state index in [4.69, 9.17) is 0 Å². The summed E-state index contributed by atoms with van der Waals surface area (Å²) in [4.78, 5) is 16.4. The Morgan fingerprint density at radius 3 is 2.19 bits per heavy atom. The Kier molecular flexibility index (Phi) is 5.87. The van der Waals surface area contributed by atoms with Gasteiger partial charge in [-0.05, 0) is 55.3 Å². The van der Waals surface area contributed by atoms with Crippen LogP contribution in [0.25, 0.3) is 0 Å². The number of amides is 1. The molecule has 6 heteroatoms. The second-order valence-electron chi connectivity index (χ2n) is 7.29. The molecule has 1 aliphatic rings. The molecule has 27 heavy (non-hydrogen) atoms. The maximum absolute atomic E-state index is 13.1. The third-order valence-corrected chi connectivity index (χ3v) is 4.89. The van der Waals surface area contributed by atoms with Crippen LogP contribution >= 0.6 is 0 Å². The van der Waals surface area contributed by atoms with Gasteiger partial charge in [0.25, 0.3) is 5.91 Å². The van der Waals surface area contributed by atoms with E-state index in [2.05, 4.69) is 0 Å². The van der Waals surface area contributed by atoms with Gasteiger partial charge < -0.3 is 10.0 Å². The minimum Gasteiger partial charge on any atom is -0.379 e. The van der Waals surface area contributed by atoms with E-state index in [0.29, 0.717) is 32.5 Å². The molecule has 144 valence electrons. The topological polar surface area (TPSA) is 43.8 Å². The number of benzene rings is 2. The molecule has 0 spiro atoms. The summed E-state index contributed by atoms with van der Waals surface area (Å²) in [6.07, 6.45) is 1.10. The van der Waals surface area contributed by atoms with Crippen molar-refractivity contribution >= 4 is 5.91 Å². The average molecular weight is 374 g/mol. The molecule has 1 saturated heterocycles. The average Bonchev–Trinajstić information content (AvgIpc) is 2.63. The molecule has 1 amide bonds. The Labute approximate surface area is 158 Å². The van der Waals surface area contributed by atoms with Crippen molar-refractivity contribution in [3.8, 4) is 0 Å². The van der Waals surface area contributed by atoms with Gasteiger partial charge in [-0.2, -0.15) is 0 Å². The molecule has 1 aliphatic heterocycles. The first-order valence-electron chi connectivity index (χ1n) is 9.05. The van der Waals surface area contributed by atoms with Crippen molar-refractivity contribution in [1.29, 1.82) is 0 Å². The molecule has 1 fully saturated rings. The van der Waals surface area contributed by atoms with E-state index in [-0.39, 0.29) is 24.1 Å². The Balaban J connectivity index is 1.63. The fraction of sp³-hybridized carbons (Fsp3) is 0.381. The summed E-state index contributed by atoms with van der Waals surface area (Å²) in [6.45, 7) is 1.63. The first kappa shape index (κ1) is 19.5. The molecule has 0 saturated carbocycles. The summed E-state index contributed by atoms with van der Waals surface area (Å²) in [5, 5.41) is 11.0. The predicted octanol–water partition coefficient (Wildman–Crippen LogP) is 2.95. The van der Waals surface area contributed by atoms with Crippen molar-refractivity contribution in [3.63, 3.8) is 0 Å². The van der Waals surface area contributed by atoms with Gasteiger partial charge in [0.2, 0.25) is 0 Å². The van der Waals surface area contributed by atoms with Crippen LogP contribution in [0.5, 0.6) is 0 Å². The molecule has 0 aromatic heterocycles. The van der Waals surface area contributed by atoms with Crippen molar-refractivity contribution in [2.75, 3.05) is 20.1 Å². The zero-order valence-corrected chi connectivity index (χ0v) is 15.4. The number of aliphatic hydroxyl groups is 1. The lowest BCUT2D eigenvalue weighted by molar-refractivity contribution is -0.160. The van der Waals surface area contributed by atoms with Crippen molar-refractivity contribution in [2.24, 2.45) is 0 Å². The third kappa shape index (κ3) is 4.90. The van der Waals surface area contributed by atoms with Crippen LogP contribution in [0.15, 0.2) is 48.5 Å². The first-order chi connectivity index (χ1) is 12.9. The normalized spacial score (nSPS) is 20.3. The Morgan fingerprint density at radius 1 is 1.04 bits per heavy atom. The SMILES string of the molecule is CN(Cc1ccc(F)cc1)CC1(O)CCCN(Cc2ccc(F)cc2)C1=O. The molecular weight excluding hydrogens is 350 g/mol. The molecule has 2 aromatic carbocycles. The van der Waals surface area contributed by atoms with E-state index < -0.39 is 5.60 Å². The number of carbonyl (C=O) groups is 1. The van der Waals surface area contributed by atoms with Crippen molar-refractivity contribution in [3.05, 3.63) is 71.3 Å². The van der Waals surface area contributed by atoms with E-state index in [1.165, 1.54) is 24.3 Å². The smallest absolute Gasteiger partial charge is 0.256 e. The van der Waals surface area contributed by atoms with Crippen LogP contribution in [-0.4, -0.2) is 46.6 Å². The lowest BCUT2D eigenvalue weighted by Gasteiger charge is -2.40. The van der Waals surface area contributed by atoms with Gasteiger partial charge in [0.1, 0.15) is 11.6 Å². The summed E-state index contributed by atoms with van der Waals surface area (Å²) in [6, 6.07) is 12.2. The zero-order chi connectivity index (χ0) is 19.4. The number of hydrogen-bond donors (Lipinski definition) is 1. The minimum atomic E-state index is -1.45. The minimum absolute atomic E-state index is 0.198. The highest BCUT2D eigenvalue weighted by Crippen LogP contribution is 2.25. The largest absolute Gasteiger partial charge is 0.379 e. The monoisotopic (exact) mass is 374 g/mol. The molecule has 1 N–H and O–H groups in total. The molecule has 4 nitrogen and oxygen atoms in total.